The van der Waals surface area contributed by atoms with E-state index in [4.69, 9.17) is 27.9 Å². The number of Topliss-reactive ketones (excluding diaryl/α,β-unsaturated/α-hetero) is 1. The molecule has 7 heteroatoms. The number of anilines is 1. The number of carbonyl (C=O) groups excluding carboxylic acids is 3. The maximum Gasteiger partial charge on any atom is 0.331 e. The summed E-state index contributed by atoms with van der Waals surface area (Å²) in [6.45, 7) is -0.403. The van der Waals surface area contributed by atoms with E-state index in [-0.39, 0.29) is 18.1 Å². The van der Waals surface area contributed by atoms with Crippen molar-refractivity contribution in [2.75, 3.05) is 11.9 Å². The average Bonchev–Trinajstić information content (AvgIpc) is 2.98. The van der Waals surface area contributed by atoms with Crippen molar-refractivity contribution in [2.24, 2.45) is 0 Å². The van der Waals surface area contributed by atoms with Gasteiger partial charge in [-0.3, -0.25) is 9.59 Å². The van der Waals surface area contributed by atoms with Crippen molar-refractivity contribution in [3.05, 3.63) is 69.2 Å². The number of ketones is 1. The van der Waals surface area contributed by atoms with Gasteiger partial charge in [0.2, 0.25) is 5.91 Å². The summed E-state index contributed by atoms with van der Waals surface area (Å²) in [6.07, 6.45) is 2.83. The zero-order valence-electron chi connectivity index (χ0n) is 13.4. The Hall–Kier alpha value is -2.63. The summed E-state index contributed by atoms with van der Waals surface area (Å²) < 4.78 is 4.96. The Morgan fingerprint density at radius 2 is 1.88 bits per heavy atom. The summed E-state index contributed by atoms with van der Waals surface area (Å²) in [5, 5.41) is 3.49. The molecule has 0 saturated heterocycles. The summed E-state index contributed by atoms with van der Waals surface area (Å²) in [5.74, 6) is -1.16. The van der Waals surface area contributed by atoms with E-state index >= 15 is 0 Å². The molecular formula is C19H13Cl2NO4. The van der Waals surface area contributed by atoms with Gasteiger partial charge >= 0.3 is 5.97 Å². The molecule has 1 amide bonds. The number of rotatable bonds is 5. The second-order valence-electron chi connectivity index (χ2n) is 5.60. The normalized spacial score (nSPS) is 12.8. The molecule has 0 radical (unpaired) electrons. The molecule has 1 heterocycles. The first-order valence-corrected chi connectivity index (χ1v) is 8.44. The lowest BCUT2D eigenvalue weighted by atomic mass is 10.1. The minimum absolute atomic E-state index is 0.112. The molecule has 3 rings (SSSR count). The predicted molar refractivity (Wildman–Crippen MR) is 99.6 cm³/mol. The fourth-order valence-corrected chi connectivity index (χ4v) is 3.02. The number of hydrogen-bond donors (Lipinski definition) is 1. The molecule has 0 atom stereocenters. The van der Waals surface area contributed by atoms with Crippen LogP contribution in [0.25, 0.3) is 6.08 Å². The highest BCUT2D eigenvalue weighted by molar-refractivity contribution is 6.37. The van der Waals surface area contributed by atoms with E-state index in [1.807, 2.05) is 0 Å². The minimum Gasteiger partial charge on any atom is -0.454 e. The number of hydrogen-bond acceptors (Lipinski definition) is 4. The Kier molecular flexibility index (Phi) is 5.40. The molecule has 0 spiro atoms. The molecule has 2 aromatic carbocycles. The van der Waals surface area contributed by atoms with Gasteiger partial charge in [0.25, 0.3) is 0 Å². The van der Waals surface area contributed by atoms with Crippen molar-refractivity contribution < 1.29 is 19.1 Å². The van der Waals surface area contributed by atoms with E-state index < -0.39 is 12.6 Å². The molecule has 1 N–H and O–H groups in total. The van der Waals surface area contributed by atoms with Crippen LogP contribution >= 0.6 is 23.2 Å². The number of ether oxygens (including phenoxy) is 1. The average molecular weight is 390 g/mol. The number of carbonyl (C=O) groups is 3. The molecule has 132 valence electrons. The molecule has 5 nitrogen and oxygen atoms in total. The van der Waals surface area contributed by atoms with Crippen LogP contribution in [0.15, 0.2) is 42.5 Å². The Morgan fingerprint density at radius 3 is 2.62 bits per heavy atom. The van der Waals surface area contributed by atoms with Gasteiger partial charge in [-0.1, -0.05) is 29.3 Å². The molecule has 0 saturated carbocycles. The number of amides is 1. The van der Waals surface area contributed by atoms with E-state index in [1.54, 1.807) is 36.4 Å². The first-order chi connectivity index (χ1) is 12.4. The highest BCUT2D eigenvalue weighted by Gasteiger charge is 2.19. The Labute approximate surface area is 159 Å². The summed E-state index contributed by atoms with van der Waals surface area (Å²) in [5.41, 5.74) is 2.32. The molecule has 0 aliphatic carbocycles. The van der Waals surface area contributed by atoms with Crippen molar-refractivity contribution >= 4 is 52.6 Å². The Morgan fingerprint density at radius 1 is 1.15 bits per heavy atom. The van der Waals surface area contributed by atoms with Crippen LogP contribution in [0.2, 0.25) is 10.0 Å². The van der Waals surface area contributed by atoms with Gasteiger partial charge in [-0.05, 0) is 42.0 Å². The quantitative estimate of drug-likeness (QED) is 0.477. The molecule has 0 aromatic heterocycles. The second-order valence-corrected chi connectivity index (χ2v) is 6.41. The standard InChI is InChI=1S/C19H13Cl2NO4/c20-14-2-1-3-15(21)13(14)5-7-19(25)26-10-17(23)11-4-6-16-12(8-11)9-18(24)22-16/h1-8H,9-10H2,(H,22,24)/b7-5+. The number of benzene rings is 2. The summed E-state index contributed by atoms with van der Waals surface area (Å²) in [6, 6.07) is 9.86. The van der Waals surface area contributed by atoms with Gasteiger partial charge in [0.15, 0.2) is 12.4 Å². The number of fused-ring (bicyclic) bond motifs is 1. The maximum absolute atomic E-state index is 12.2. The lowest BCUT2D eigenvalue weighted by Gasteiger charge is -2.04. The van der Waals surface area contributed by atoms with Crippen LogP contribution in [0.3, 0.4) is 0 Å². The van der Waals surface area contributed by atoms with Gasteiger partial charge < -0.3 is 10.1 Å². The fourth-order valence-electron chi connectivity index (χ4n) is 2.49. The molecule has 1 aliphatic heterocycles. The molecule has 2 aromatic rings. The summed E-state index contributed by atoms with van der Waals surface area (Å²) >= 11 is 12.0. The maximum atomic E-state index is 12.2. The van der Waals surface area contributed by atoms with Crippen LogP contribution in [0.4, 0.5) is 5.69 Å². The minimum atomic E-state index is -0.688. The zero-order chi connectivity index (χ0) is 18.7. The van der Waals surface area contributed by atoms with Crippen LogP contribution in [0.5, 0.6) is 0 Å². The largest absolute Gasteiger partial charge is 0.454 e. The molecular weight excluding hydrogens is 377 g/mol. The Balaban J connectivity index is 1.59. The highest BCUT2D eigenvalue weighted by Crippen LogP contribution is 2.26. The van der Waals surface area contributed by atoms with Crippen LogP contribution in [0.1, 0.15) is 21.5 Å². The predicted octanol–water partition coefficient (Wildman–Crippen LogP) is 3.93. The Bertz CT molecular complexity index is 917. The monoisotopic (exact) mass is 389 g/mol. The lowest BCUT2D eigenvalue weighted by Crippen LogP contribution is -2.12. The van der Waals surface area contributed by atoms with Crippen molar-refractivity contribution in [3.8, 4) is 0 Å². The van der Waals surface area contributed by atoms with Crippen molar-refractivity contribution in [2.45, 2.75) is 6.42 Å². The lowest BCUT2D eigenvalue weighted by molar-refractivity contribution is -0.136. The topological polar surface area (TPSA) is 72.5 Å². The van der Waals surface area contributed by atoms with E-state index in [0.29, 0.717) is 26.9 Å². The van der Waals surface area contributed by atoms with Gasteiger partial charge in [0.1, 0.15) is 0 Å². The first kappa shape index (κ1) is 18.2. The van der Waals surface area contributed by atoms with Crippen molar-refractivity contribution in [3.63, 3.8) is 0 Å². The van der Waals surface area contributed by atoms with E-state index in [9.17, 15) is 14.4 Å². The summed E-state index contributed by atoms with van der Waals surface area (Å²) in [4.78, 5) is 35.3. The van der Waals surface area contributed by atoms with Gasteiger partial charge in [-0.2, -0.15) is 0 Å². The third-order valence-corrected chi connectivity index (χ3v) is 4.44. The van der Waals surface area contributed by atoms with Crippen LogP contribution in [0, 0.1) is 0 Å². The van der Waals surface area contributed by atoms with Gasteiger partial charge in [0.05, 0.1) is 6.42 Å². The van der Waals surface area contributed by atoms with E-state index in [2.05, 4.69) is 5.32 Å². The molecule has 26 heavy (non-hydrogen) atoms. The summed E-state index contributed by atoms with van der Waals surface area (Å²) in [7, 11) is 0. The smallest absolute Gasteiger partial charge is 0.331 e. The number of nitrogens with one attached hydrogen (secondary N) is 1. The number of halogens is 2. The fraction of sp³-hybridized carbons (Fsp3) is 0.105. The second kappa shape index (κ2) is 7.72. The van der Waals surface area contributed by atoms with Crippen LogP contribution in [-0.2, 0) is 20.7 Å². The van der Waals surface area contributed by atoms with E-state index in [0.717, 1.165) is 11.6 Å². The van der Waals surface area contributed by atoms with Crippen LogP contribution < -0.4 is 5.32 Å². The molecule has 1 aliphatic rings. The van der Waals surface area contributed by atoms with E-state index in [1.165, 1.54) is 6.08 Å². The SMILES string of the molecule is O=C1Cc2cc(C(=O)COC(=O)/C=C/c3c(Cl)cccc3Cl)ccc2N1. The van der Waals surface area contributed by atoms with Gasteiger partial charge in [0, 0.05) is 32.9 Å². The van der Waals surface area contributed by atoms with Crippen LogP contribution in [-0.4, -0.2) is 24.3 Å². The highest BCUT2D eigenvalue weighted by atomic mass is 35.5. The number of esters is 1. The van der Waals surface area contributed by atoms with Gasteiger partial charge in [-0.15, -0.1) is 0 Å². The molecule has 0 fully saturated rings. The van der Waals surface area contributed by atoms with Crippen molar-refractivity contribution in [1.29, 1.82) is 0 Å². The zero-order valence-corrected chi connectivity index (χ0v) is 14.9. The third kappa shape index (κ3) is 4.12. The third-order valence-electron chi connectivity index (χ3n) is 3.78. The molecule has 0 unspecified atom stereocenters. The first-order valence-electron chi connectivity index (χ1n) is 7.69. The van der Waals surface area contributed by atoms with Gasteiger partial charge in [-0.25, -0.2) is 4.79 Å². The van der Waals surface area contributed by atoms with Crippen molar-refractivity contribution in [1.82, 2.24) is 0 Å². The molecule has 0 bridgehead atoms.